The number of hydrogen-bond donors (Lipinski definition) is 1. The molecule has 2 aromatic heterocycles. The molecular formula is C15H13N7O3S. The first-order valence-corrected chi connectivity index (χ1v) is 8.23. The van der Waals surface area contributed by atoms with Crippen molar-refractivity contribution in [3.63, 3.8) is 0 Å². The minimum atomic E-state index is -0.540. The number of aromatic nitrogens is 5. The predicted octanol–water partition coefficient (Wildman–Crippen LogP) is 1.59. The van der Waals surface area contributed by atoms with Crippen LogP contribution in [0.2, 0.25) is 0 Å². The summed E-state index contributed by atoms with van der Waals surface area (Å²) in [5, 5.41) is 25.4. The molecule has 0 radical (unpaired) electrons. The molecule has 0 fully saturated rings. The van der Waals surface area contributed by atoms with Crippen molar-refractivity contribution in [3.8, 4) is 0 Å². The molecule has 3 rings (SSSR count). The molecule has 1 N–H and O–H groups in total. The highest BCUT2D eigenvalue weighted by Gasteiger charge is 2.20. The number of tetrazole rings is 1. The highest BCUT2D eigenvalue weighted by Crippen LogP contribution is 2.33. The van der Waals surface area contributed by atoms with E-state index in [0.717, 1.165) is 11.8 Å². The van der Waals surface area contributed by atoms with Gasteiger partial charge in [-0.05, 0) is 46.5 Å². The molecule has 0 bridgehead atoms. The second-order valence-corrected chi connectivity index (χ2v) is 6.14. The van der Waals surface area contributed by atoms with E-state index in [9.17, 15) is 14.9 Å². The molecule has 0 saturated heterocycles. The maximum absolute atomic E-state index is 12.3. The van der Waals surface area contributed by atoms with Crippen LogP contribution in [0.1, 0.15) is 16.1 Å². The lowest BCUT2D eigenvalue weighted by Crippen LogP contribution is -2.23. The Morgan fingerprint density at radius 3 is 2.85 bits per heavy atom. The standard InChI is InChI=1S/C15H13N7O3S/c1-21-15(18-19-20-21)26-13-6-5-10(8-12(13)22(24)25)14(23)17-9-11-4-2-3-7-16-11/h2-8H,9H2,1H3,(H,17,23). The molecular weight excluding hydrogens is 358 g/mol. The van der Waals surface area contributed by atoms with Gasteiger partial charge in [0.2, 0.25) is 5.16 Å². The van der Waals surface area contributed by atoms with Gasteiger partial charge in [-0.15, -0.1) is 5.10 Å². The van der Waals surface area contributed by atoms with Gasteiger partial charge in [0.15, 0.2) is 0 Å². The summed E-state index contributed by atoms with van der Waals surface area (Å²) in [6.45, 7) is 0.231. The fraction of sp³-hybridized carbons (Fsp3) is 0.133. The van der Waals surface area contributed by atoms with Gasteiger partial charge in [0.1, 0.15) is 0 Å². The molecule has 26 heavy (non-hydrogen) atoms. The Hall–Kier alpha value is -3.34. The highest BCUT2D eigenvalue weighted by molar-refractivity contribution is 7.99. The average Bonchev–Trinajstić information content (AvgIpc) is 3.05. The van der Waals surface area contributed by atoms with Crippen molar-refractivity contribution >= 4 is 23.4 Å². The summed E-state index contributed by atoms with van der Waals surface area (Å²) in [5.41, 5.74) is 0.689. The number of nitro benzene ring substituents is 1. The second kappa shape index (κ2) is 7.70. The lowest BCUT2D eigenvalue weighted by Gasteiger charge is -2.07. The number of nitro groups is 1. The van der Waals surface area contributed by atoms with E-state index in [1.54, 1.807) is 25.4 Å². The van der Waals surface area contributed by atoms with E-state index in [-0.39, 0.29) is 17.8 Å². The molecule has 0 atom stereocenters. The van der Waals surface area contributed by atoms with Crippen LogP contribution in [-0.2, 0) is 13.6 Å². The summed E-state index contributed by atoms with van der Waals surface area (Å²) in [4.78, 5) is 27.6. The van der Waals surface area contributed by atoms with Gasteiger partial charge in [-0.2, -0.15) is 0 Å². The number of hydrogen-bond acceptors (Lipinski definition) is 8. The van der Waals surface area contributed by atoms with Crippen LogP contribution in [0.3, 0.4) is 0 Å². The quantitative estimate of drug-likeness (QED) is 0.511. The second-order valence-electron chi connectivity index (χ2n) is 5.13. The zero-order valence-electron chi connectivity index (χ0n) is 13.6. The first-order valence-electron chi connectivity index (χ1n) is 7.41. The van der Waals surface area contributed by atoms with Gasteiger partial charge in [0.05, 0.1) is 22.1 Å². The lowest BCUT2D eigenvalue weighted by atomic mass is 10.2. The number of benzene rings is 1. The number of aryl methyl sites for hydroxylation is 1. The molecule has 0 unspecified atom stereocenters. The Morgan fingerprint density at radius 1 is 1.35 bits per heavy atom. The van der Waals surface area contributed by atoms with Crippen LogP contribution < -0.4 is 5.32 Å². The van der Waals surface area contributed by atoms with Gasteiger partial charge in [-0.1, -0.05) is 6.07 Å². The Balaban J connectivity index is 1.78. The Kier molecular flexibility index (Phi) is 5.17. The van der Waals surface area contributed by atoms with Crippen LogP contribution in [0.5, 0.6) is 0 Å². The fourth-order valence-electron chi connectivity index (χ4n) is 2.07. The van der Waals surface area contributed by atoms with Crippen LogP contribution in [-0.4, -0.2) is 36.0 Å². The largest absolute Gasteiger partial charge is 0.346 e. The summed E-state index contributed by atoms with van der Waals surface area (Å²) in [6, 6.07) is 9.63. The smallest absolute Gasteiger partial charge is 0.284 e. The first-order chi connectivity index (χ1) is 12.5. The third-order valence-electron chi connectivity index (χ3n) is 3.36. The summed E-state index contributed by atoms with van der Waals surface area (Å²) in [6.07, 6.45) is 1.62. The van der Waals surface area contributed by atoms with E-state index in [1.807, 2.05) is 6.07 Å². The molecule has 0 spiro atoms. The van der Waals surface area contributed by atoms with Crippen molar-refractivity contribution in [2.24, 2.45) is 7.05 Å². The minimum absolute atomic E-state index is 0.188. The SMILES string of the molecule is Cn1nnnc1Sc1ccc(C(=O)NCc2ccccn2)cc1[N+](=O)[O-]. The van der Waals surface area contributed by atoms with E-state index >= 15 is 0 Å². The van der Waals surface area contributed by atoms with Crippen molar-refractivity contribution in [1.82, 2.24) is 30.5 Å². The van der Waals surface area contributed by atoms with Crippen LogP contribution in [0.25, 0.3) is 0 Å². The monoisotopic (exact) mass is 371 g/mol. The van der Waals surface area contributed by atoms with E-state index in [4.69, 9.17) is 0 Å². The van der Waals surface area contributed by atoms with Gasteiger partial charge in [-0.25, -0.2) is 4.68 Å². The average molecular weight is 371 g/mol. The van der Waals surface area contributed by atoms with Gasteiger partial charge < -0.3 is 5.32 Å². The topological polar surface area (TPSA) is 129 Å². The molecule has 3 aromatic rings. The third kappa shape index (κ3) is 4.00. The highest BCUT2D eigenvalue weighted by atomic mass is 32.2. The molecule has 2 heterocycles. The molecule has 132 valence electrons. The summed E-state index contributed by atoms with van der Waals surface area (Å²) >= 11 is 1.05. The number of carbonyl (C=O) groups is 1. The molecule has 0 aliphatic rings. The number of pyridine rings is 1. The molecule has 1 amide bonds. The first kappa shape index (κ1) is 17.5. The van der Waals surface area contributed by atoms with Crippen molar-refractivity contribution in [2.45, 2.75) is 16.6 Å². The van der Waals surface area contributed by atoms with Crippen LogP contribution in [0, 0.1) is 10.1 Å². The Labute approximate surface area is 151 Å². The van der Waals surface area contributed by atoms with Gasteiger partial charge in [0.25, 0.3) is 11.6 Å². The van der Waals surface area contributed by atoms with Gasteiger partial charge >= 0.3 is 0 Å². The number of nitrogens with zero attached hydrogens (tertiary/aromatic N) is 6. The molecule has 10 nitrogen and oxygen atoms in total. The zero-order valence-corrected chi connectivity index (χ0v) is 14.4. The summed E-state index contributed by atoms with van der Waals surface area (Å²) < 4.78 is 1.40. The number of nitrogens with one attached hydrogen (secondary N) is 1. The Morgan fingerprint density at radius 2 is 2.19 bits per heavy atom. The number of carbonyl (C=O) groups excluding carboxylic acids is 1. The molecule has 11 heteroatoms. The molecule has 1 aromatic carbocycles. The maximum Gasteiger partial charge on any atom is 0.284 e. The van der Waals surface area contributed by atoms with Crippen molar-refractivity contribution in [1.29, 1.82) is 0 Å². The van der Waals surface area contributed by atoms with Crippen molar-refractivity contribution < 1.29 is 9.72 Å². The molecule has 0 aliphatic carbocycles. The van der Waals surface area contributed by atoms with Crippen LogP contribution in [0.15, 0.2) is 52.6 Å². The van der Waals surface area contributed by atoms with E-state index in [2.05, 4.69) is 25.8 Å². The van der Waals surface area contributed by atoms with Crippen molar-refractivity contribution in [2.75, 3.05) is 0 Å². The zero-order chi connectivity index (χ0) is 18.5. The summed E-state index contributed by atoms with van der Waals surface area (Å²) in [5.74, 6) is -0.421. The van der Waals surface area contributed by atoms with Gasteiger partial charge in [-0.3, -0.25) is 19.9 Å². The lowest BCUT2D eigenvalue weighted by molar-refractivity contribution is -0.387. The minimum Gasteiger partial charge on any atom is -0.346 e. The van der Waals surface area contributed by atoms with E-state index in [1.165, 1.54) is 22.9 Å². The Bertz CT molecular complexity index is 945. The van der Waals surface area contributed by atoms with Crippen molar-refractivity contribution in [3.05, 3.63) is 64.0 Å². The normalized spacial score (nSPS) is 10.5. The van der Waals surface area contributed by atoms with Gasteiger partial charge in [0, 0.05) is 24.9 Å². The number of rotatable bonds is 6. The predicted molar refractivity (Wildman–Crippen MR) is 91.4 cm³/mol. The summed E-state index contributed by atoms with van der Waals surface area (Å²) in [7, 11) is 1.63. The third-order valence-corrected chi connectivity index (χ3v) is 4.45. The van der Waals surface area contributed by atoms with E-state index < -0.39 is 10.8 Å². The number of amides is 1. The molecule has 0 saturated carbocycles. The fourth-order valence-corrected chi connectivity index (χ4v) is 2.89. The molecule has 0 aliphatic heterocycles. The van der Waals surface area contributed by atoms with Crippen LogP contribution in [0.4, 0.5) is 5.69 Å². The van der Waals surface area contributed by atoms with E-state index in [0.29, 0.717) is 15.7 Å². The maximum atomic E-state index is 12.3. The van der Waals surface area contributed by atoms with Crippen LogP contribution >= 0.6 is 11.8 Å².